The fourth-order valence-corrected chi connectivity index (χ4v) is 1.08. The number of aliphatic carboxylic acids is 1. The summed E-state index contributed by atoms with van der Waals surface area (Å²) in [6, 6.07) is 0. The van der Waals surface area contributed by atoms with E-state index in [4.69, 9.17) is 5.11 Å². The van der Waals surface area contributed by atoms with E-state index in [1.807, 2.05) is 5.32 Å². The van der Waals surface area contributed by atoms with Crippen molar-refractivity contribution in [1.82, 2.24) is 5.32 Å². The summed E-state index contributed by atoms with van der Waals surface area (Å²) in [4.78, 5) is 31.6. The summed E-state index contributed by atoms with van der Waals surface area (Å²) in [6.45, 7) is 1.80. The number of imide groups is 1. The van der Waals surface area contributed by atoms with Gasteiger partial charge < -0.3 is 9.84 Å². The summed E-state index contributed by atoms with van der Waals surface area (Å²) in [5.41, 5.74) is 0. The van der Waals surface area contributed by atoms with Crippen molar-refractivity contribution >= 4 is 29.7 Å². The molecule has 0 aromatic rings. The molecular formula is C7H11NO5S. The molecule has 14 heavy (non-hydrogen) atoms. The van der Waals surface area contributed by atoms with Gasteiger partial charge in [0.15, 0.2) is 0 Å². The third-order valence-electron chi connectivity index (χ3n) is 0.976. The van der Waals surface area contributed by atoms with E-state index in [2.05, 4.69) is 4.74 Å². The Morgan fingerprint density at radius 2 is 2.00 bits per heavy atom. The van der Waals surface area contributed by atoms with Crippen LogP contribution in [0.4, 0.5) is 4.79 Å². The number of rotatable bonds is 5. The molecule has 0 heterocycles. The van der Waals surface area contributed by atoms with E-state index in [9.17, 15) is 14.4 Å². The summed E-state index contributed by atoms with van der Waals surface area (Å²) in [5.74, 6) is -1.81. The molecule has 0 unspecified atom stereocenters. The van der Waals surface area contributed by atoms with Crippen LogP contribution in [0.3, 0.4) is 0 Å². The minimum Gasteiger partial charge on any atom is -0.481 e. The molecule has 0 rings (SSSR count). The second-order valence-corrected chi connectivity index (χ2v) is 3.14. The highest BCUT2D eigenvalue weighted by atomic mass is 32.2. The van der Waals surface area contributed by atoms with Gasteiger partial charge in [-0.2, -0.15) is 0 Å². The molecular weight excluding hydrogens is 210 g/mol. The molecule has 0 spiro atoms. The van der Waals surface area contributed by atoms with Crippen LogP contribution in [0.15, 0.2) is 0 Å². The van der Waals surface area contributed by atoms with Crippen LogP contribution in [0.2, 0.25) is 0 Å². The zero-order valence-corrected chi connectivity index (χ0v) is 8.43. The number of ether oxygens (including phenoxy) is 1. The second-order valence-electron chi connectivity index (χ2n) is 2.16. The molecule has 6 nitrogen and oxygen atoms in total. The molecule has 0 aromatic heterocycles. The smallest absolute Gasteiger partial charge is 0.413 e. The highest BCUT2D eigenvalue weighted by molar-refractivity contribution is 8.00. The fourth-order valence-electron chi connectivity index (χ4n) is 0.548. The SMILES string of the molecule is CCOC(=O)NC(=O)CSCC(=O)O. The lowest BCUT2D eigenvalue weighted by Gasteiger charge is -2.02. The number of carbonyl (C=O) groups is 3. The van der Waals surface area contributed by atoms with Crippen LogP contribution < -0.4 is 5.32 Å². The number of carboxylic acids is 1. The van der Waals surface area contributed by atoms with Crippen molar-refractivity contribution in [3.63, 3.8) is 0 Å². The van der Waals surface area contributed by atoms with E-state index in [1.165, 1.54) is 0 Å². The topological polar surface area (TPSA) is 92.7 Å². The van der Waals surface area contributed by atoms with Gasteiger partial charge in [-0.3, -0.25) is 14.9 Å². The maximum atomic E-state index is 10.9. The lowest BCUT2D eigenvalue weighted by atomic mass is 10.7. The van der Waals surface area contributed by atoms with Crippen molar-refractivity contribution in [2.75, 3.05) is 18.1 Å². The first-order chi connectivity index (χ1) is 6.56. The molecule has 0 radical (unpaired) electrons. The second kappa shape index (κ2) is 7.19. The van der Waals surface area contributed by atoms with E-state index in [0.29, 0.717) is 0 Å². The number of hydrogen-bond acceptors (Lipinski definition) is 5. The van der Waals surface area contributed by atoms with Crippen molar-refractivity contribution in [3.05, 3.63) is 0 Å². The summed E-state index contributed by atoms with van der Waals surface area (Å²) in [7, 11) is 0. The lowest BCUT2D eigenvalue weighted by Crippen LogP contribution is -2.32. The molecule has 0 aliphatic carbocycles. The van der Waals surface area contributed by atoms with E-state index >= 15 is 0 Å². The van der Waals surface area contributed by atoms with Gasteiger partial charge in [-0.25, -0.2) is 4.79 Å². The number of hydrogen-bond donors (Lipinski definition) is 2. The normalized spacial score (nSPS) is 9.21. The minimum atomic E-state index is -1.00. The van der Waals surface area contributed by atoms with E-state index in [0.717, 1.165) is 11.8 Å². The first-order valence-electron chi connectivity index (χ1n) is 3.82. The molecule has 0 bridgehead atoms. The van der Waals surface area contributed by atoms with Crippen molar-refractivity contribution in [3.8, 4) is 0 Å². The number of amides is 2. The van der Waals surface area contributed by atoms with Crippen LogP contribution in [0, 0.1) is 0 Å². The molecule has 0 saturated carbocycles. The number of carbonyl (C=O) groups excluding carboxylic acids is 2. The fraction of sp³-hybridized carbons (Fsp3) is 0.571. The van der Waals surface area contributed by atoms with E-state index < -0.39 is 18.0 Å². The highest BCUT2D eigenvalue weighted by Crippen LogP contribution is 1.97. The van der Waals surface area contributed by atoms with E-state index in [1.54, 1.807) is 6.92 Å². The van der Waals surface area contributed by atoms with Crippen molar-refractivity contribution in [1.29, 1.82) is 0 Å². The maximum absolute atomic E-state index is 10.9. The van der Waals surface area contributed by atoms with Gasteiger partial charge in [0, 0.05) is 0 Å². The molecule has 0 aliphatic rings. The van der Waals surface area contributed by atoms with Gasteiger partial charge in [0.05, 0.1) is 18.1 Å². The zero-order chi connectivity index (χ0) is 11.0. The number of carboxylic acid groups (broad SMARTS) is 1. The number of nitrogens with one attached hydrogen (secondary N) is 1. The first kappa shape index (κ1) is 12.8. The Bertz CT molecular complexity index is 230. The van der Waals surface area contributed by atoms with Crippen LogP contribution in [-0.2, 0) is 14.3 Å². The van der Waals surface area contributed by atoms with Gasteiger partial charge in [0.2, 0.25) is 5.91 Å². The zero-order valence-electron chi connectivity index (χ0n) is 7.61. The minimum absolute atomic E-state index is 0.0783. The summed E-state index contributed by atoms with van der Waals surface area (Å²) in [5, 5.41) is 10.2. The van der Waals surface area contributed by atoms with E-state index in [-0.39, 0.29) is 18.1 Å². The molecule has 0 atom stereocenters. The van der Waals surface area contributed by atoms with Gasteiger partial charge in [0.1, 0.15) is 0 Å². The molecule has 7 heteroatoms. The monoisotopic (exact) mass is 221 g/mol. The average Bonchev–Trinajstić information content (AvgIpc) is 2.03. The Morgan fingerprint density at radius 1 is 1.36 bits per heavy atom. The first-order valence-corrected chi connectivity index (χ1v) is 4.98. The maximum Gasteiger partial charge on any atom is 0.413 e. The Morgan fingerprint density at radius 3 is 2.50 bits per heavy atom. The van der Waals surface area contributed by atoms with Crippen LogP contribution in [0.5, 0.6) is 0 Å². The van der Waals surface area contributed by atoms with Crippen LogP contribution in [-0.4, -0.2) is 41.2 Å². The number of alkyl carbamates (subject to hydrolysis) is 1. The molecule has 2 amide bonds. The predicted octanol–water partition coefficient (Wildman–Crippen LogP) is 0.0769. The molecule has 0 aliphatic heterocycles. The van der Waals surface area contributed by atoms with Crippen LogP contribution >= 0.6 is 11.8 Å². The summed E-state index contributed by atoms with van der Waals surface area (Å²) < 4.78 is 4.44. The summed E-state index contributed by atoms with van der Waals surface area (Å²) in [6.07, 6.45) is -0.812. The van der Waals surface area contributed by atoms with Gasteiger partial charge in [-0.15, -0.1) is 11.8 Å². The highest BCUT2D eigenvalue weighted by Gasteiger charge is 2.08. The van der Waals surface area contributed by atoms with Crippen LogP contribution in [0.1, 0.15) is 6.92 Å². The molecule has 2 N–H and O–H groups in total. The van der Waals surface area contributed by atoms with Gasteiger partial charge in [0.25, 0.3) is 0 Å². The van der Waals surface area contributed by atoms with Crippen LogP contribution in [0.25, 0.3) is 0 Å². The third kappa shape index (κ3) is 7.41. The molecule has 0 aromatic carbocycles. The molecule has 0 saturated heterocycles. The average molecular weight is 221 g/mol. The Balaban J connectivity index is 3.55. The van der Waals surface area contributed by atoms with Crippen molar-refractivity contribution < 1.29 is 24.2 Å². The Labute approximate surface area is 85.0 Å². The Kier molecular flexibility index (Phi) is 6.55. The van der Waals surface area contributed by atoms with Gasteiger partial charge in [-0.1, -0.05) is 0 Å². The van der Waals surface area contributed by atoms with Crippen molar-refractivity contribution in [2.24, 2.45) is 0 Å². The molecule has 0 fully saturated rings. The van der Waals surface area contributed by atoms with Gasteiger partial charge in [-0.05, 0) is 6.92 Å². The van der Waals surface area contributed by atoms with Crippen molar-refractivity contribution in [2.45, 2.75) is 6.92 Å². The lowest BCUT2D eigenvalue weighted by molar-refractivity contribution is -0.133. The van der Waals surface area contributed by atoms with Gasteiger partial charge >= 0.3 is 12.1 Å². The predicted molar refractivity (Wildman–Crippen MR) is 50.1 cm³/mol. The number of thioether (sulfide) groups is 1. The summed E-state index contributed by atoms with van der Waals surface area (Å²) >= 11 is 0.910. The Hall–Kier alpha value is -1.24. The third-order valence-corrected chi connectivity index (χ3v) is 1.89. The quantitative estimate of drug-likeness (QED) is 0.682. The standard InChI is InChI=1S/C7H11NO5S/c1-2-13-7(12)8-5(9)3-14-4-6(10)11/h2-4H2,1H3,(H,10,11)(H,8,9,12). The molecule has 80 valence electrons. The largest absolute Gasteiger partial charge is 0.481 e.